The molecule has 0 fully saturated rings. The average Bonchev–Trinajstić information content (AvgIpc) is 2.71. The van der Waals surface area contributed by atoms with Gasteiger partial charge in [-0.2, -0.15) is 0 Å². The quantitative estimate of drug-likeness (QED) is 0.127. The number of rotatable bonds is 24. The summed E-state index contributed by atoms with van der Waals surface area (Å²) in [5, 5.41) is 8.59. The predicted octanol–water partition coefficient (Wildman–Crippen LogP) is 9.62. The van der Waals surface area contributed by atoms with Gasteiger partial charge in [-0.15, -0.1) is 0 Å². The van der Waals surface area contributed by atoms with Crippen molar-refractivity contribution < 1.29 is 9.90 Å². The number of hydrogen-bond donors (Lipinski definition) is 1. The van der Waals surface area contributed by atoms with Crippen molar-refractivity contribution in [3.8, 4) is 0 Å². The number of carbonyl (C=O) groups is 1. The average molecular weight is 409 g/mol. The molecule has 2 heteroatoms. The third-order valence-electron chi connectivity index (χ3n) is 5.90. The number of carboxylic acids is 1. The van der Waals surface area contributed by atoms with Gasteiger partial charge < -0.3 is 5.11 Å². The smallest absolute Gasteiger partial charge is 0.303 e. The van der Waals surface area contributed by atoms with E-state index >= 15 is 0 Å². The SMILES string of the molecule is CCCCCCCCCC=CCCCCCCCCCCCCCCCC(=O)O. The van der Waals surface area contributed by atoms with Gasteiger partial charge in [-0.25, -0.2) is 0 Å². The van der Waals surface area contributed by atoms with Gasteiger partial charge in [0.1, 0.15) is 0 Å². The van der Waals surface area contributed by atoms with Gasteiger partial charge in [0.15, 0.2) is 0 Å². The largest absolute Gasteiger partial charge is 0.481 e. The molecule has 0 rings (SSSR count). The summed E-state index contributed by atoms with van der Waals surface area (Å²) in [6.07, 6.45) is 34.5. The molecule has 0 aliphatic carbocycles. The van der Waals surface area contributed by atoms with E-state index in [2.05, 4.69) is 19.1 Å². The van der Waals surface area contributed by atoms with Crippen LogP contribution < -0.4 is 0 Å². The van der Waals surface area contributed by atoms with Gasteiger partial charge >= 0.3 is 5.97 Å². The van der Waals surface area contributed by atoms with Gasteiger partial charge in [-0.1, -0.05) is 128 Å². The van der Waals surface area contributed by atoms with E-state index in [9.17, 15) is 4.79 Å². The van der Waals surface area contributed by atoms with E-state index in [-0.39, 0.29) is 0 Å². The molecular formula is C27H52O2. The maximum absolute atomic E-state index is 10.4. The first-order valence-corrected chi connectivity index (χ1v) is 13.1. The second-order valence-corrected chi connectivity index (χ2v) is 8.91. The molecular weight excluding hydrogens is 356 g/mol. The summed E-state index contributed by atoms with van der Waals surface area (Å²) < 4.78 is 0. The number of carboxylic acid groups (broad SMARTS) is 1. The molecule has 2 nitrogen and oxygen atoms in total. The first-order chi connectivity index (χ1) is 14.3. The lowest BCUT2D eigenvalue weighted by Gasteiger charge is -2.03. The minimum Gasteiger partial charge on any atom is -0.481 e. The van der Waals surface area contributed by atoms with Crippen LogP contribution in [0.2, 0.25) is 0 Å². The van der Waals surface area contributed by atoms with E-state index in [0.29, 0.717) is 6.42 Å². The summed E-state index contributed by atoms with van der Waals surface area (Å²) in [6, 6.07) is 0. The fourth-order valence-corrected chi connectivity index (χ4v) is 3.94. The fourth-order valence-electron chi connectivity index (χ4n) is 3.94. The standard InChI is InChI=1S/C27H52O2/c1-2-3-4-5-6-7-8-9-10-11-12-13-14-15-16-17-18-19-20-21-22-23-24-25-26-27(28)29/h10-11H,2-9,12-26H2,1H3,(H,28,29). The molecule has 0 aromatic carbocycles. The van der Waals surface area contributed by atoms with Crippen LogP contribution in [0.3, 0.4) is 0 Å². The molecule has 0 aliphatic heterocycles. The van der Waals surface area contributed by atoms with Crippen molar-refractivity contribution in [1.29, 1.82) is 0 Å². The predicted molar refractivity (Wildman–Crippen MR) is 129 cm³/mol. The van der Waals surface area contributed by atoms with Gasteiger partial charge in [-0.3, -0.25) is 4.79 Å². The number of aliphatic carboxylic acids is 1. The lowest BCUT2D eigenvalue weighted by molar-refractivity contribution is -0.137. The maximum Gasteiger partial charge on any atom is 0.303 e. The Morgan fingerprint density at radius 1 is 0.517 bits per heavy atom. The molecule has 0 aromatic rings. The molecule has 0 saturated heterocycles. The van der Waals surface area contributed by atoms with Crippen LogP contribution in [0.1, 0.15) is 155 Å². The Morgan fingerprint density at radius 2 is 0.828 bits per heavy atom. The first-order valence-electron chi connectivity index (χ1n) is 13.1. The molecule has 0 amide bonds. The van der Waals surface area contributed by atoms with Gasteiger partial charge in [0.25, 0.3) is 0 Å². The molecule has 0 unspecified atom stereocenters. The zero-order valence-corrected chi connectivity index (χ0v) is 19.8. The third kappa shape index (κ3) is 27.2. The van der Waals surface area contributed by atoms with Crippen LogP contribution in [-0.4, -0.2) is 11.1 Å². The lowest BCUT2D eigenvalue weighted by atomic mass is 10.0. The molecule has 29 heavy (non-hydrogen) atoms. The van der Waals surface area contributed by atoms with Crippen molar-refractivity contribution in [3.05, 3.63) is 12.2 Å². The Hall–Kier alpha value is -0.790. The molecule has 0 spiro atoms. The highest BCUT2D eigenvalue weighted by atomic mass is 16.4. The van der Waals surface area contributed by atoms with Crippen LogP contribution in [0.4, 0.5) is 0 Å². The van der Waals surface area contributed by atoms with E-state index in [1.54, 1.807) is 0 Å². The van der Waals surface area contributed by atoms with Gasteiger partial charge in [0.05, 0.1) is 0 Å². The van der Waals surface area contributed by atoms with Gasteiger partial charge in [0.2, 0.25) is 0 Å². The minimum absolute atomic E-state index is 0.343. The van der Waals surface area contributed by atoms with E-state index in [1.807, 2.05) is 0 Å². The van der Waals surface area contributed by atoms with Crippen molar-refractivity contribution in [2.24, 2.45) is 0 Å². The number of unbranched alkanes of at least 4 members (excludes halogenated alkanes) is 20. The van der Waals surface area contributed by atoms with E-state index < -0.39 is 5.97 Å². The summed E-state index contributed by atoms with van der Waals surface area (Å²) in [7, 11) is 0. The monoisotopic (exact) mass is 408 g/mol. The molecule has 172 valence electrons. The molecule has 1 N–H and O–H groups in total. The topological polar surface area (TPSA) is 37.3 Å². The van der Waals surface area contributed by atoms with Crippen molar-refractivity contribution in [1.82, 2.24) is 0 Å². The molecule has 0 heterocycles. The van der Waals surface area contributed by atoms with Crippen molar-refractivity contribution >= 4 is 5.97 Å². The van der Waals surface area contributed by atoms with Crippen LogP contribution in [0, 0.1) is 0 Å². The highest BCUT2D eigenvalue weighted by Crippen LogP contribution is 2.14. The number of hydrogen-bond acceptors (Lipinski definition) is 1. The molecule has 0 aliphatic rings. The first kappa shape index (κ1) is 28.2. The minimum atomic E-state index is -0.653. The van der Waals surface area contributed by atoms with Crippen molar-refractivity contribution in [2.75, 3.05) is 0 Å². The zero-order chi connectivity index (χ0) is 21.3. The van der Waals surface area contributed by atoms with Crippen LogP contribution in [-0.2, 0) is 4.79 Å². The fraction of sp³-hybridized carbons (Fsp3) is 0.889. The maximum atomic E-state index is 10.4. The summed E-state index contributed by atoms with van der Waals surface area (Å²) >= 11 is 0. The Balaban J connectivity index is 3.07. The summed E-state index contributed by atoms with van der Waals surface area (Å²) in [5.41, 5.74) is 0. The lowest BCUT2D eigenvalue weighted by Crippen LogP contribution is -1.93. The summed E-state index contributed by atoms with van der Waals surface area (Å²) in [5.74, 6) is -0.653. The Kier molecular flexibility index (Phi) is 24.6. The van der Waals surface area contributed by atoms with Crippen molar-refractivity contribution in [3.63, 3.8) is 0 Å². The molecule has 0 bridgehead atoms. The molecule has 0 aromatic heterocycles. The molecule has 0 radical (unpaired) electrons. The second-order valence-electron chi connectivity index (χ2n) is 8.91. The Morgan fingerprint density at radius 3 is 1.17 bits per heavy atom. The zero-order valence-electron chi connectivity index (χ0n) is 19.8. The number of allylic oxidation sites excluding steroid dienone is 2. The van der Waals surface area contributed by atoms with Crippen LogP contribution >= 0.6 is 0 Å². The second kappa shape index (κ2) is 25.2. The molecule has 0 saturated carbocycles. The highest BCUT2D eigenvalue weighted by molar-refractivity contribution is 5.66. The Labute approximate surface area is 182 Å². The van der Waals surface area contributed by atoms with Gasteiger partial charge in [-0.05, 0) is 32.1 Å². The highest BCUT2D eigenvalue weighted by Gasteiger charge is 1.97. The van der Waals surface area contributed by atoms with Crippen molar-refractivity contribution in [2.45, 2.75) is 155 Å². The van der Waals surface area contributed by atoms with E-state index in [1.165, 1.54) is 128 Å². The summed E-state index contributed by atoms with van der Waals surface area (Å²) in [6.45, 7) is 2.28. The normalized spacial score (nSPS) is 11.5. The van der Waals surface area contributed by atoms with Crippen LogP contribution in [0.25, 0.3) is 0 Å². The van der Waals surface area contributed by atoms with Crippen LogP contribution in [0.5, 0.6) is 0 Å². The van der Waals surface area contributed by atoms with Gasteiger partial charge in [0, 0.05) is 6.42 Å². The molecule has 0 atom stereocenters. The Bertz CT molecular complexity index is 348. The summed E-state index contributed by atoms with van der Waals surface area (Å²) in [4.78, 5) is 10.4. The third-order valence-corrected chi connectivity index (χ3v) is 5.90. The van der Waals surface area contributed by atoms with E-state index in [4.69, 9.17) is 5.11 Å². The van der Waals surface area contributed by atoms with E-state index in [0.717, 1.165) is 12.8 Å². The van der Waals surface area contributed by atoms with Crippen LogP contribution in [0.15, 0.2) is 12.2 Å².